The number of hydrogen-bond acceptors (Lipinski definition) is 4. The van der Waals surface area contributed by atoms with Gasteiger partial charge in [0.15, 0.2) is 0 Å². The topological polar surface area (TPSA) is 69.0 Å². The van der Waals surface area contributed by atoms with Gasteiger partial charge in [-0.1, -0.05) is 0 Å². The molecule has 1 saturated carbocycles. The molecule has 146 valence electrons. The maximum absolute atomic E-state index is 12.2. The third-order valence-corrected chi connectivity index (χ3v) is 5.01. The van der Waals surface area contributed by atoms with Gasteiger partial charge in [0.2, 0.25) is 0 Å². The molecule has 28 heavy (non-hydrogen) atoms. The molecule has 4 rings (SSSR count). The number of hydrogen-bond donors (Lipinski definition) is 1. The average Bonchev–Trinajstić information content (AvgIpc) is 3.46. The fourth-order valence-electron chi connectivity index (χ4n) is 3.41. The smallest absolute Gasteiger partial charge is 0.251 e. The van der Waals surface area contributed by atoms with Crippen molar-refractivity contribution in [3.8, 4) is 5.75 Å². The monoisotopic (exact) mass is 378 g/mol. The molecular formula is C22H26N4O2. The third-order valence-electron chi connectivity index (χ3n) is 5.01. The van der Waals surface area contributed by atoms with Crippen molar-refractivity contribution >= 4 is 16.9 Å². The number of aromatic nitrogens is 3. The lowest BCUT2D eigenvalue weighted by Gasteiger charge is -2.09. The summed E-state index contributed by atoms with van der Waals surface area (Å²) in [6.45, 7) is 6.10. The van der Waals surface area contributed by atoms with Crippen molar-refractivity contribution in [3.63, 3.8) is 0 Å². The number of pyridine rings is 1. The minimum atomic E-state index is -0.0594. The Morgan fingerprint density at radius 2 is 2.11 bits per heavy atom. The number of carbonyl (C=O) groups excluding carboxylic acids is 1. The highest BCUT2D eigenvalue weighted by atomic mass is 16.5. The highest BCUT2D eigenvalue weighted by molar-refractivity contribution is 5.97. The summed E-state index contributed by atoms with van der Waals surface area (Å²) in [5.41, 5.74) is 3.56. The molecule has 6 heteroatoms. The molecule has 2 heterocycles. The number of rotatable bonds is 8. The lowest BCUT2D eigenvalue weighted by Crippen LogP contribution is -2.22. The van der Waals surface area contributed by atoms with Crippen molar-refractivity contribution < 1.29 is 9.53 Å². The number of nitrogens with one attached hydrogen (secondary N) is 1. The Kier molecular flexibility index (Phi) is 5.28. The Bertz CT molecular complexity index is 974. The summed E-state index contributed by atoms with van der Waals surface area (Å²) in [4.78, 5) is 21.6. The second-order valence-electron chi connectivity index (χ2n) is 7.24. The molecule has 0 radical (unpaired) electrons. The van der Waals surface area contributed by atoms with Gasteiger partial charge in [0.25, 0.3) is 5.91 Å². The second kappa shape index (κ2) is 8.00. The number of fused-ring (bicyclic) bond motifs is 1. The number of imidazole rings is 1. The molecule has 1 amide bonds. The summed E-state index contributed by atoms with van der Waals surface area (Å²) in [6, 6.07) is 9.74. The van der Waals surface area contributed by atoms with Gasteiger partial charge in [-0.15, -0.1) is 0 Å². The third kappa shape index (κ3) is 4.01. The van der Waals surface area contributed by atoms with Crippen LogP contribution in [0.1, 0.15) is 48.6 Å². The Balaban J connectivity index is 1.66. The summed E-state index contributed by atoms with van der Waals surface area (Å²) in [5, 5.41) is 2.85. The predicted molar refractivity (Wildman–Crippen MR) is 109 cm³/mol. The van der Waals surface area contributed by atoms with Crippen LogP contribution in [0.25, 0.3) is 11.0 Å². The first kappa shape index (κ1) is 18.5. The van der Waals surface area contributed by atoms with Crippen LogP contribution in [-0.2, 0) is 13.0 Å². The Morgan fingerprint density at radius 1 is 1.25 bits per heavy atom. The Hall–Kier alpha value is -2.89. The van der Waals surface area contributed by atoms with E-state index in [-0.39, 0.29) is 5.91 Å². The van der Waals surface area contributed by atoms with Crippen LogP contribution in [-0.4, -0.2) is 33.6 Å². The van der Waals surface area contributed by atoms with Gasteiger partial charge in [-0.25, -0.2) is 4.98 Å². The first-order valence-electron chi connectivity index (χ1n) is 10.0. The lowest BCUT2D eigenvalue weighted by atomic mass is 10.2. The first-order valence-corrected chi connectivity index (χ1v) is 10.0. The largest absolute Gasteiger partial charge is 0.492 e. The highest BCUT2D eigenvalue weighted by Crippen LogP contribution is 2.33. The van der Waals surface area contributed by atoms with E-state index in [9.17, 15) is 4.79 Å². The number of benzene rings is 1. The molecular weight excluding hydrogens is 352 g/mol. The van der Waals surface area contributed by atoms with Gasteiger partial charge in [0.05, 0.1) is 23.8 Å². The summed E-state index contributed by atoms with van der Waals surface area (Å²) in [5.74, 6) is 2.44. The van der Waals surface area contributed by atoms with E-state index < -0.39 is 0 Å². The molecule has 1 fully saturated rings. The van der Waals surface area contributed by atoms with E-state index in [1.54, 1.807) is 6.20 Å². The van der Waals surface area contributed by atoms with Crippen LogP contribution >= 0.6 is 0 Å². The molecule has 0 aliphatic heterocycles. The van der Waals surface area contributed by atoms with Gasteiger partial charge in [-0.2, -0.15) is 0 Å². The zero-order chi connectivity index (χ0) is 19.5. The first-order chi connectivity index (χ1) is 13.7. The zero-order valence-corrected chi connectivity index (χ0v) is 16.4. The van der Waals surface area contributed by atoms with Gasteiger partial charge in [0, 0.05) is 30.8 Å². The van der Waals surface area contributed by atoms with Gasteiger partial charge in [-0.05, 0) is 62.9 Å². The van der Waals surface area contributed by atoms with Crippen molar-refractivity contribution in [1.29, 1.82) is 0 Å². The molecule has 1 aliphatic carbocycles. The van der Waals surface area contributed by atoms with Crippen molar-refractivity contribution in [2.24, 2.45) is 5.92 Å². The van der Waals surface area contributed by atoms with Crippen LogP contribution in [0.15, 0.2) is 36.5 Å². The number of nitrogens with zero attached hydrogens (tertiary/aromatic N) is 3. The lowest BCUT2D eigenvalue weighted by molar-refractivity contribution is 0.0956. The van der Waals surface area contributed by atoms with Gasteiger partial charge in [0.1, 0.15) is 11.6 Å². The van der Waals surface area contributed by atoms with Crippen LogP contribution in [0.5, 0.6) is 5.75 Å². The maximum Gasteiger partial charge on any atom is 0.251 e. The van der Waals surface area contributed by atoms with Crippen LogP contribution in [0.4, 0.5) is 0 Å². The zero-order valence-electron chi connectivity index (χ0n) is 16.4. The molecule has 0 atom stereocenters. The van der Waals surface area contributed by atoms with Gasteiger partial charge < -0.3 is 14.6 Å². The number of amides is 1. The van der Waals surface area contributed by atoms with E-state index in [1.165, 1.54) is 12.8 Å². The van der Waals surface area contributed by atoms with E-state index in [0.717, 1.165) is 40.8 Å². The van der Waals surface area contributed by atoms with E-state index in [1.807, 2.05) is 44.2 Å². The van der Waals surface area contributed by atoms with Crippen molar-refractivity contribution in [1.82, 2.24) is 19.9 Å². The summed E-state index contributed by atoms with van der Waals surface area (Å²) >= 11 is 0. The normalized spacial score (nSPS) is 13.6. The van der Waals surface area contributed by atoms with Gasteiger partial charge >= 0.3 is 0 Å². The van der Waals surface area contributed by atoms with Crippen molar-refractivity contribution in [2.45, 2.75) is 39.7 Å². The Labute approximate surface area is 164 Å². The maximum atomic E-state index is 12.2. The van der Waals surface area contributed by atoms with Gasteiger partial charge in [-0.3, -0.25) is 9.78 Å². The highest BCUT2D eigenvalue weighted by Gasteiger charge is 2.24. The molecule has 1 aromatic carbocycles. The second-order valence-corrected chi connectivity index (χ2v) is 7.24. The summed E-state index contributed by atoms with van der Waals surface area (Å²) in [6.07, 6.45) is 4.97. The van der Waals surface area contributed by atoms with Crippen LogP contribution < -0.4 is 10.1 Å². The average molecular weight is 378 g/mol. The molecule has 2 aromatic heterocycles. The van der Waals surface area contributed by atoms with Crippen LogP contribution in [0.2, 0.25) is 0 Å². The van der Waals surface area contributed by atoms with E-state index >= 15 is 0 Å². The SMILES string of the molecule is CCNC(=O)c1ccc2c(c1)nc(Cc1ccc(OCC)cn1)n2CC1CC1. The summed E-state index contributed by atoms with van der Waals surface area (Å²) in [7, 11) is 0. The quantitative estimate of drug-likeness (QED) is 0.650. The molecule has 0 spiro atoms. The van der Waals surface area contributed by atoms with E-state index in [2.05, 4.69) is 14.9 Å². The fourth-order valence-corrected chi connectivity index (χ4v) is 3.41. The Morgan fingerprint density at radius 3 is 2.79 bits per heavy atom. The summed E-state index contributed by atoms with van der Waals surface area (Å²) < 4.78 is 7.78. The van der Waals surface area contributed by atoms with Crippen molar-refractivity contribution in [2.75, 3.05) is 13.2 Å². The molecule has 6 nitrogen and oxygen atoms in total. The van der Waals surface area contributed by atoms with Crippen LogP contribution in [0, 0.1) is 5.92 Å². The minimum Gasteiger partial charge on any atom is -0.492 e. The minimum absolute atomic E-state index is 0.0594. The standard InChI is InChI=1S/C22H26N4O2/c1-3-23-22(27)16-7-10-20-19(11-16)25-21(26(20)14-15-5-6-15)12-17-8-9-18(13-24-17)28-4-2/h7-11,13,15H,3-6,12,14H2,1-2H3,(H,23,27). The number of ether oxygens (including phenoxy) is 1. The van der Waals surface area contributed by atoms with Crippen LogP contribution in [0.3, 0.4) is 0 Å². The van der Waals surface area contributed by atoms with Crippen molar-refractivity contribution in [3.05, 3.63) is 53.6 Å². The molecule has 0 unspecified atom stereocenters. The molecule has 0 bridgehead atoms. The predicted octanol–water partition coefficient (Wildman–Crippen LogP) is 3.58. The van der Waals surface area contributed by atoms with E-state index in [4.69, 9.17) is 9.72 Å². The molecule has 1 N–H and O–H groups in total. The van der Waals surface area contributed by atoms with E-state index in [0.29, 0.717) is 25.1 Å². The molecule has 3 aromatic rings. The fraction of sp³-hybridized carbons (Fsp3) is 0.409. The molecule has 1 aliphatic rings. The number of carbonyl (C=O) groups is 1. The molecule has 0 saturated heterocycles.